The number of nitrogens with zero attached hydrogens (tertiary/aromatic N) is 2. The first-order chi connectivity index (χ1) is 7.60. The van der Waals surface area contributed by atoms with Crippen LogP contribution in [0.25, 0.3) is 0 Å². The average molecular weight is 221 g/mol. The van der Waals surface area contributed by atoms with Gasteiger partial charge in [0.05, 0.1) is 17.4 Å². The molecule has 1 N–H and O–H groups in total. The van der Waals surface area contributed by atoms with E-state index in [0.29, 0.717) is 0 Å². The molecule has 1 aromatic heterocycles. The Labute approximate surface area is 98.5 Å². The van der Waals surface area contributed by atoms with Gasteiger partial charge in [-0.25, -0.2) is 0 Å². The highest BCUT2D eigenvalue weighted by molar-refractivity contribution is 5.21. The Kier molecular flexibility index (Phi) is 4.74. The van der Waals surface area contributed by atoms with E-state index in [4.69, 9.17) is 0 Å². The van der Waals surface area contributed by atoms with E-state index in [9.17, 15) is 0 Å². The maximum absolute atomic E-state index is 4.48. The van der Waals surface area contributed by atoms with Crippen molar-refractivity contribution in [2.24, 2.45) is 0 Å². The molecule has 90 valence electrons. The summed E-state index contributed by atoms with van der Waals surface area (Å²) in [5.41, 5.74) is 3.44. The molecule has 0 fully saturated rings. The molecule has 1 unspecified atom stereocenters. The van der Waals surface area contributed by atoms with E-state index in [2.05, 4.69) is 48.5 Å². The Balaban J connectivity index is 2.95. The largest absolute Gasteiger partial charge is 0.305 e. The van der Waals surface area contributed by atoms with Gasteiger partial charge in [-0.2, -0.15) is 5.10 Å². The van der Waals surface area contributed by atoms with Crippen LogP contribution in [0.1, 0.15) is 44.6 Å². The van der Waals surface area contributed by atoms with Crippen LogP contribution in [0.2, 0.25) is 0 Å². The summed E-state index contributed by atoms with van der Waals surface area (Å²) in [5.74, 6) is 0. The molecule has 16 heavy (non-hydrogen) atoms. The van der Waals surface area contributed by atoms with Crippen LogP contribution < -0.4 is 5.32 Å². The van der Waals surface area contributed by atoms with Crippen LogP contribution >= 0.6 is 0 Å². The van der Waals surface area contributed by atoms with Crippen molar-refractivity contribution in [1.82, 2.24) is 15.1 Å². The Hall–Kier alpha value is -1.09. The minimum absolute atomic E-state index is 0.223. The lowest BCUT2D eigenvalue weighted by molar-refractivity contribution is 0.524. The van der Waals surface area contributed by atoms with Crippen molar-refractivity contribution in [1.29, 1.82) is 0 Å². The normalized spacial score (nSPS) is 12.8. The zero-order chi connectivity index (χ0) is 12.1. The molecule has 0 aliphatic carbocycles. The molecule has 1 atom stereocenters. The predicted molar refractivity (Wildman–Crippen MR) is 68.5 cm³/mol. The van der Waals surface area contributed by atoms with Crippen molar-refractivity contribution < 1.29 is 0 Å². The first kappa shape index (κ1) is 13.0. The summed E-state index contributed by atoms with van der Waals surface area (Å²) in [4.78, 5) is 0. The summed E-state index contributed by atoms with van der Waals surface area (Å²) >= 11 is 0. The van der Waals surface area contributed by atoms with Crippen LogP contribution in [0, 0.1) is 6.92 Å². The van der Waals surface area contributed by atoms with E-state index in [-0.39, 0.29) is 6.04 Å². The average Bonchev–Trinajstić information content (AvgIpc) is 2.60. The van der Waals surface area contributed by atoms with Crippen LogP contribution in [-0.2, 0) is 6.54 Å². The molecule has 3 nitrogen and oxygen atoms in total. The summed E-state index contributed by atoms with van der Waals surface area (Å²) in [7, 11) is 0. The molecule has 0 saturated carbocycles. The maximum Gasteiger partial charge on any atom is 0.0702 e. The molecule has 3 heteroatoms. The first-order valence-corrected chi connectivity index (χ1v) is 6.03. The second-order valence-electron chi connectivity index (χ2n) is 4.26. The second-order valence-corrected chi connectivity index (χ2v) is 4.26. The van der Waals surface area contributed by atoms with E-state index < -0.39 is 0 Å². The molecule has 0 radical (unpaired) electrons. The molecule has 1 aromatic rings. The number of hydrogen-bond donors (Lipinski definition) is 1. The lowest BCUT2D eigenvalue weighted by Crippen LogP contribution is -2.25. The van der Waals surface area contributed by atoms with Crippen molar-refractivity contribution in [3.8, 4) is 0 Å². The maximum atomic E-state index is 4.48. The quantitative estimate of drug-likeness (QED) is 0.749. The van der Waals surface area contributed by atoms with E-state index >= 15 is 0 Å². The molecule has 1 heterocycles. The van der Waals surface area contributed by atoms with E-state index in [1.165, 1.54) is 5.69 Å². The third-order valence-electron chi connectivity index (χ3n) is 2.62. The van der Waals surface area contributed by atoms with Gasteiger partial charge in [-0.15, -0.1) is 0 Å². The fourth-order valence-corrected chi connectivity index (χ4v) is 1.87. The van der Waals surface area contributed by atoms with Gasteiger partial charge in [0, 0.05) is 6.54 Å². The summed E-state index contributed by atoms with van der Waals surface area (Å²) in [6.45, 7) is 14.4. The van der Waals surface area contributed by atoms with Crippen molar-refractivity contribution in [2.75, 3.05) is 6.54 Å². The van der Waals surface area contributed by atoms with Gasteiger partial charge < -0.3 is 5.32 Å². The Morgan fingerprint density at radius 3 is 2.75 bits per heavy atom. The van der Waals surface area contributed by atoms with E-state index in [1.807, 2.05) is 6.92 Å². The number of aromatic nitrogens is 2. The van der Waals surface area contributed by atoms with Gasteiger partial charge in [-0.3, -0.25) is 4.68 Å². The summed E-state index contributed by atoms with van der Waals surface area (Å²) < 4.78 is 2.05. The van der Waals surface area contributed by atoms with Crippen LogP contribution in [0.4, 0.5) is 0 Å². The number of hydrogen-bond acceptors (Lipinski definition) is 2. The molecule has 0 spiro atoms. The summed E-state index contributed by atoms with van der Waals surface area (Å²) in [6, 6.07) is 2.37. The summed E-state index contributed by atoms with van der Waals surface area (Å²) in [5, 5.41) is 7.99. The van der Waals surface area contributed by atoms with Gasteiger partial charge in [0.25, 0.3) is 0 Å². The van der Waals surface area contributed by atoms with Crippen LogP contribution in [0.3, 0.4) is 0 Å². The molecule has 0 aliphatic heterocycles. The SMILES string of the molecule is C=C(C)C(NCCC)c1cc(C)nn1CC. The van der Waals surface area contributed by atoms with Gasteiger partial charge in [-0.1, -0.05) is 19.1 Å². The predicted octanol–water partition coefficient (Wildman–Crippen LogP) is 2.83. The van der Waals surface area contributed by atoms with Crippen LogP contribution in [-0.4, -0.2) is 16.3 Å². The fourth-order valence-electron chi connectivity index (χ4n) is 1.87. The standard InChI is InChI=1S/C13H23N3/c1-6-8-14-13(10(3)4)12-9-11(5)15-16(12)7-2/h9,13-14H,3,6-8H2,1-2,4-5H3. The monoisotopic (exact) mass is 221 g/mol. The lowest BCUT2D eigenvalue weighted by atomic mass is 10.1. The van der Waals surface area contributed by atoms with Crippen molar-refractivity contribution in [3.63, 3.8) is 0 Å². The van der Waals surface area contributed by atoms with Gasteiger partial charge in [-0.05, 0) is 39.8 Å². The molecule has 0 bridgehead atoms. The number of aryl methyl sites for hydroxylation is 2. The topological polar surface area (TPSA) is 29.9 Å². The summed E-state index contributed by atoms with van der Waals surface area (Å²) in [6.07, 6.45) is 1.13. The first-order valence-electron chi connectivity index (χ1n) is 6.03. The third-order valence-corrected chi connectivity index (χ3v) is 2.62. The molecule has 0 amide bonds. The number of rotatable bonds is 6. The Morgan fingerprint density at radius 1 is 1.56 bits per heavy atom. The molecular formula is C13H23N3. The second kappa shape index (κ2) is 5.85. The minimum Gasteiger partial charge on any atom is -0.305 e. The molecule has 0 aliphatic rings. The highest BCUT2D eigenvalue weighted by atomic mass is 15.3. The van der Waals surface area contributed by atoms with Crippen LogP contribution in [0.15, 0.2) is 18.2 Å². The molecule has 0 aromatic carbocycles. The van der Waals surface area contributed by atoms with Crippen molar-refractivity contribution >= 4 is 0 Å². The minimum atomic E-state index is 0.223. The smallest absolute Gasteiger partial charge is 0.0702 e. The van der Waals surface area contributed by atoms with E-state index in [0.717, 1.165) is 30.8 Å². The zero-order valence-corrected chi connectivity index (χ0v) is 10.9. The van der Waals surface area contributed by atoms with Gasteiger partial charge in [0.1, 0.15) is 0 Å². The van der Waals surface area contributed by atoms with Gasteiger partial charge >= 0.3 is 0 Å². The zero-order valence-electron chi connectivity index (χ0n) is 10.9. The van der Waals surface area contributed by atoms with Crippen molar-refractivity contribution in [2.45, 2.75) is 46.7 Å². The van der Waals surface area contributed by atoms with Gasteiger partial charge in [0.15, 0.2) is 0 Å². The van der Waals surface area contributed by atoms with Crippen LogP contribution in [0.5, 0.6) is 0 Å². The number of nitrogens with one attached hydrogen (secondary N) is 1. The lowest BCUT2D eigenvalue weighted by Gasteiger charge is -2.19. The van der Waals surface area contributed by atoms with E-state index in [1.54, 1.807) is 0 Å². The molecule has 0 saturated heterocycles. The Morgan fingerprint density at radius 2 is 2.25 bits per heavy atom. The molecular weight excluding hydrogens is 198 g/mol. The Bertz CT molecular complexity index is 352. The highest BCUT2D eigenvalue weighted by Gasteiger charge is 2.16. The molecule has 1 rings (SSSR count). The van der Waals surface area contributed by atoms with Gasteiger partial charge in [0.2, 0.25) is 0 Å². The highest BCUT2D eigenvalue weighted by Crippen LogP contribution is 2.21. The van der Waals surface area contributed by atoms with Crippen molar-refractivity contribution in [3.05, 3.63) is 29.6 Å². The third kappa shape index (κ3) is 2.95. The fraction of sp³-hybridized carbons (Fsp3) is 0.615.